The highest BCUT2D eigenvalue weighted by Crippen LogP contribution is 2.20. The quantitative estimate of drug-likeness (QED) is 0.277. The van der Waals surface area contributed by atoms with Crippen molar-refractivity contribution in [3.8, 4) is 0 Å². The first-order valence-corrected chi connectivity index (χ1v) is 15.2. The number of aryl methyl sites for hydroxylation is 1. The zero-order valence-corrected chi connectivity index (χ0v) is 25.0. The summed E-state index contributed by atoms with van der Waals surface area (Å²) < 4.78 is 28.4. The van der Waals surface area contributed by atoms with Crippen molar-refractivity contribution < 1.29 is 18.0 Å². The van der Waals surface area contributed by atoms with Crippen molar-refractivity contribution in [1.29, 1.82) is 0 Å². The Hall–Kier alpha value is -3.01. The van der Waals surface area contributed by atoms with E-state index < -0.39 is 28.5 Å². The zero-order chi connectivity index (χ0) is 28.4. The molecule has 1 atom stereocenters. The maximum absolute atomic E-state index is 13.9. The van der Waals surface area contributed by atoms with Crippen molar-refractivity contribution in [1.82, 2.24) is 14.5 Å². The second-order valence-corrected chi connectivity index (χ2v) is 12.5. The van der Waals surface area contributed by atoms with Crippen molar-refractivity contribution >= 4 is 37.8 Å². The number of nitrogens with one attached hydrogen (secondary N) is 1. The third-order valence-corrected chi connectivity index (χ3v) is 8.74. The van der Waals surface area contributed by atoms with Crippen LogP contribution in [-0.2, 0) is 32.6 Å². The third kappa shape index (κ3) is 8.74. The van der Waals surface area contributed by atoms with Gasteiger partial charge in [-0.15, -0.1) is 0 Å². The van der Waals surface area contributed by atoms with Crippen LogP contribution in [0.15, 0.2) is 88.2 Å². The van der Waals surface area contributed by atoms with E-state index in [1.807, 2.05) is 68.4 Å². The summed E-state index contributed by atoms with van der Waals surface area (Å²) in [4.78, 5) is 29.0. The minimum absolute atomic E-state index is 0.111. The van der Waals surface area contributed by atoms with Gasteiger partial charge in [0.1, 0.15) is 6.04 Å². The Balaban J connectivity index is 1.95. The number of amides is 2. The number of hydrogen-bond acceptors (Lipinski definition) is 4. The van der Waals surface area contributed by atoms with Crippen LogP contribution in [0.2, 0.25) is 0 Å². The van der Waals surface area contributed by atoms with Crippen LogP contribution < -0.4 is 5.32 Å². The summed E-state index contributed by atoms with van der Waals surface area (Å²) in [6.07, 6.45) is 2.04. The highest BCUT2D eigenvalue weighted by atomic mass is 79.9. The molecule has 0 aliphatic heterocycles. The standard InChI is InChI=1S/C30H36BrN3O4S/c1-4-5-18-32-30(36)28(20-24-10-7-6-8-11-24)34(21-25-12-9-13-26(31)19-25)29(35)22-33(3)39(37,38)27-16-14-23(2)15-17-27/h6-17,19,28H,4-5,18,20-22H2,1-3H3,(H,32,36)/t28-/m0/s1. The molecule has 2 amide bonds. The minimum atomic E-state index is -3.91. The molecule has 0 radical (unpaired) electrons. The monoisotopic (exact) mass is 613 g/mol. The maximum Gasteiger partial charge on any atom is 0.243 e. The lowest BCUT2D eigenvalue weighted by Gasteiger charge is -2.32. The Labute approximate surface area is 240 Å². The number of carbonyl (C=O) groups excluding carboxylic acids is 2. The first-order valence-electron chi connectivity index (χ1n) is 13.0. The predicted octanol–water partition coefficient (Wildman–Crippen LogP) is 4.93. The Bertz CT molecular complexity index is 1350. The van der Waals surface area contributed by atoms with Crippen LogP contribution in [0.3, 0.4) is 0 Å². The zero-order valence-electron chi connectivity index (χ0n) is 22.6. The van der Waals surface area contributed by atoms with Gasteiger partial charge in [-0.1, -0.05) is 89.4 Å². The summed E-state index contributed by atoms with van der Waals surface area (Å²) in [7, 11) is -2.52. The van der Waals surface area contributed by atoms with Crippen LogP contribution in [0, 0.1) is 6.92 Å². The van der Waals surface area contributed by atoms with Crippen LogP contribution in [0.5, 0.6) is 0 Å². The van der Waals surface area contributed by atoms with Gasteiger partial charge >= 0.3 is 0 Å². The molecular formula is C30H36BrN3O4S. The number of unbranched alkanes of at least 4 members (excludes halogenated alkanes) is 1. The average molecular weight is 615 g/mol. The number of carbonyl (C=O) groups is 2. The smallest absolute Gasteiger partial charge is 0.243 e. The first-order chi connectivity index (χ1) is 18.6. The van der Waals surface area contributed by atoms with Crippen LogP contribution >= 0.6 is 15.9 Å². The lowest BCUT2D eigenvalue weighted by molar-refractivity contribution is -0.141. The second kappa shape index (κ2) is 14.4. The molecular weight excluding hydrogens is 578 g/mol. The van der Waals surface area contributed by atoms with E-state index in [-0.39, 0.29) is 17.3 Å². The van der Waals surface area contributed by atoms with Crippen LogP contribution in [0.4, 0.5) is 0 Å². The van der Waals surface area contributed by atoms with E-state index in [9.17, 15) is 18.0 Å². The van der Waals surface area contributed by atoms with Crippen LogP contribution in [0.25, 0.3) is 0 Å². The molecule has 0 aliphatic rings. The molecule has 208 valence electrons. The molecule has 0 bridgehead atoms. The van der Waals surface area contributed by atoms with Crippen molar-refractivity contribution in [2.75, 3.05) is 20.1 Å². The SMILES string of the molecule is CCCCNC(=O)[C@H](Cc1ccccc1)N(Cc1cccc(Br)c1)C(=O)CN(C)S(=O)(=O)c1ccc(C)cc1. The molecule has 3 aromatic rings. The number of nitrogens with zero attached hydrogens (tertiary/aromatic N) is 2. The topological polar surface area (TPSA) is 86.8 Å². The third-order valence-electron chi connectivity index (χ3n) is 6.43. The molecule has 3 rings (SSSR count). The number of sulfonamides is 1. The summed E-state index contributed by atoms with van der Waals surface area (Å²) in [6.45, 7) is 4.16. The largest absolute Gasteiger partial charge is 0.354 e. The minimum Gasteiger partial charge on any atom is -0.354 e. The molecule has 9 heteroatoms. The molecule has 0 saturated carbocycles. The van der Waals surface area contributed by atoms with E-state index in [1.165, 1.54) is 24.1 Å². The van der Waals surface area contributed by atoms with E-state index in [0.29, 0.717) is 13.0 Å². The van der Waals surface area contributed by atoms with E-state index >= 15 is 0 Å². The summed E-state index contributed by atoms with van der Waals surface area (Å²) in [6, 6.07) is 22.7. The normalized spacial score (nSPS) is 12.2. The fourth-order valence-electron chi connectivity index (χ4n) is 4.15. The van der Waals surface area contributed by atoms with Gasteiger partial charge in [0.2, 0.25) is 21.8 Å². The molecule has 0 fully saturated rings. The van der Waals surface area contributed by atoms with Gasteiger partial charge in [-0.3, -0.25) is 9.59 Å². The summed E-state index contributed by atoms with van der Waals surface area (Å²) in [5.41, 5.74) is 2.66. The fraction of sp³-hybridized carbons (Fsp3) is 0.333. The molecule has 1 N–H and O–H groups in total. The van der Waals surface area contributed by atoms with Crippen molar-refractivity contribution in [2.45, 2.75) is 50.6 Å². The predicted molar refractivity (Wildman–Crippen MR) is 158 cm³/mol. The van der Waals surface area contributed by atoms with E-state index in [0.717, 1.165) is 38.3 Å². The Morgan fingerprint density at radius 3 is 2.26 bits per heavy atom. The van der Waals surface area contributed by atoms with E-state index in [1.54, 1.807) is 12.1 Å². The van der Waals surface area contributed by atoms with Crippen molar-refractivity contribution in [2.24, 2.45) is 0 Å². The van der Waals surface area contributed by atoms with E-state index in [4.69, 9.17) is 0 Å². The molecule has 0 saturated heterocycles. The van der Waals surface area contributed by atoms with Crippen LogP contribution in [0.1, 0.15) is 36.5 Å². The lowest BCUT2D eigenvalue weighted by Crippen LogP contribution is -2.53. The molecule has 3 aromatic carbocycles. The summed E-state index contributed by atoms with van der Waals surface area (Å²) in [5.74, 6) is -0.723. The lowest BCUT2D eigenvalue weighted by atomic mass is 10.0. The molecule has 0 unspecified atom stereocenters. The maximum atomic E-state index is 13.9. The Morgan fingerprint density at radius 1 is 0.949 bits per heavy atom. The number of rotatable bonds is 13. The summed E-state index contributed by atoms with van der Waals surface area (Å²) >= 11 is 3.48. The Kier molecular flexibility index (Phi) is 11.3. The van der Waals surface area contributed by atoms with Crippen molar-refractivity contribution in [3.05, 3.63) is 100 Å². The second-order valence-electron chi connectivity index (χ2n) is 9.58. The van der Waals surface area contributed by atoms with Gasteiger partial charge in [-0.2, -0.15) is 4.31 Å². The average Bonchev–Trinajstić information content (AvgIpc) is 2.91. The fourth-order valence-corrected chi connectivity index (χ4v) is 5.72. The molecule has 0 aromatic heterocycles. The first kappa shape index (κ1) is 30.5. The number of likely N-dealkylation sites (N-methyl/N-ethyl adjacent to an activating group) is 1. The van der Waals surface area contributed by atoms with Gasteiger partial charge in [-0.05, 0) is 48.7 Å². The molecule has 39 heavy (non-hydrogen) atoms. The number of halogens is 1. The van der Waals surface area contributed by atoms with E-state index in [2.05, 4.69) is 21.2 Å². The Morgan fingerprint density at radius 2 is 1.62 bits per heavy atom. The van der Waals surface area contributed by atoms with Gasteiger partial charge in [0.05, 0.1) is 11.4 Å². The molecule has 0 heterocycles. The van der Waals surface area contributed by atoms with Crippen molar-refractivity contribution in [3.63, 3.8) is 0 Å². The van der Waals surface area contributed by atoms with Gasteiger partial charge in [0.25, 0.3) is 0 Å². The highest BCUT2D eigenvalue weighted by molar-refractivity contribution is 9.10. The van der Waals surface area contributed by atoms with Gasteiger partial charge in [0, 0.05) is 31.0 Å². The molecule has 7 nitrogen and oxygen atoms in total. The van der Waals surface area contributed by atoms with Gasteiger partial charge in [-0.25, -0.2) is 8.42 Å². The summed E-state index contributed by atoms with van der Waals surface area (Å²) in [5, 5.41) is 2.98. The molecule has 0 spiro atoms. The van der Waals surface area contributed by atoms with Crippen LogP contribution in [-0.4, -0.2) is 55.6 Å². The van der Waals surface area contributed by atoms with Gasteiger partial charge in [0.15, 0.2) is 0 Å². The number of benzene rings is 3. The molecule has 0 aliphatic carbocycles. The number of hydrogen-bond donors (Lipinski definition) is 1. The van der Waals surface area contributed by atoms with Gasteiger partial charge < -0.3 is 10.2 Å². The highest BCUT2D eigenvalue weighted by Gasteiger charge is 2.33.